The zero-order chi connectivity index (χ0) is 15.1. The van der Waals surface area contributed by atoms with Gasteiger partial charge >= 0.3 is 0 Å². The molecular weight excluding hydrogens is 262 g/mol. The minimum absolute atomic E-state index is 0.0306. The number of carbonyl (C=O) groups is 1. The van der Waals surface area contributed by atoms with Gasteiger partial charge in [0.1, 0.15) is 0 Å². The molecule has 2 atom stereocenters. The van der Waals surface area contributed by atoms with E-state index in [0.717, 1.165) is 19.5 Å². The van der Waals surface area contributed by atoms with Crippen molar-refractivity contribution in [3.05, 3.63) is 35.9 Å². The lowest BCUT2D eigenvalue weighted by Gasteiger charge is -2.24. The summed E-state index contributed by atoms with van der Waals surface area (Å²) in [6.45, 7) is 5.16. The van der Waals surface area contributed by atoms with E-state index in [9.17, 15) is 4.79 Å². The van der Waals surface area contributed by atoms with Crippen LogP contribution >= 0.6 is 0 Å². The van der Waals surface area contributed by atoms with Crippen LogP contribution in [0.5, 0.6) is 0 Å². The Bertz CT molecular complexity index is 429. The number of hydrogen-bond donors (Lipinski definition) is 2. The third-order valence-electron chi connectivity index (χ3n) is 4.26. The molecule has 1 fully saturated rings. The molecule has 0 aromatic heterocycles. The molecule has 21 heavy (non-hydrogen) atoms. The molecule has 1 amide bonds. The Hall–Kier alpha value is -1.39. The van der Waals surface area contributed by atoms with Gasteiger partial charge in [-0.1, -0.05) is 30.3 Å². The Balaban J connectivity index is 1.67. The molecule has 1 aliphatic rings. The first-order valence-corrected chi connectivity index (χ1v) is 7.98. The summed E-state index contributed by atoms with van der Waals surface area (Å²) in [7, 11) is 0. The zero-order valence-electron chi connectivity index (χ0n) is 12.9. The Morgan fingerprint density at radius 2 is 1.95 bits per heavy atom. The molecule has 4 heteroatoms. The van der Waals surface area contributed by atoms with E-state index in [1.165, 1.54) is 18.4 Å². The van der Waals surface area contributed by atoms with E-state index in [-0.39, 0.29) is 5.91 Å². The second-order valence-corrected chi connectivity index (χ2v) is 5.97. The van der Waals surface area contributed by atoms with Crippen molar-refractivity contribution in [1.82, 2.24) is 10.2 Å². The van der Waals surface area contributed by atoms with E-state index in [0.29, 0.717) is 19.0 Å². The summed E-state index contributed by atoms with van der Waals surface area (Å²) in [5.74, 6) is -0.0306. The maximum atomic E-state index is 12.0. The van der Waals surface area contributed by atoms with Gasteiger partial charge in [0.15, 0.2) is 0 Å². The summed E-state index contributed by atoms with van der Waals surface area (Å²) in [6.07, 6.45) is 4.08. The number of benzene rings is 1. The highest BCUT2D eigenvalue weighted by Crippen LogP contribution is 2.10. The molecule has 0 aliphatic carbocycles. The Morgan fingerprint density at radius 3 is 2.62 bits per heavy atom. The highest BCUT2D eigenvalue weighted by Gasteiger charge is 2.19. The largest absolute Gasteiger partial charge is 0.353 e. The lowest BCUT2D eigenvalue weighted by atomic mass is 10.1. The van der Waals surface area contributed by atoms with Gasteiger partial charge in [-0.2, -0.15) is 0 Å². The van der Waals surface area contributed by atoms with Crippen LogP contribution in [0, 0.1) is 0 Å². The normalized spacial score (nSPS) is 18.4. The summed E-state index contributed by atoms with van der Waals surface area (Å²) in [6, 6.07) is 10.1. The van der Waals surface area contributed by atoms with Crippen molar-refractivity contribution in [2.24, 2.45) is 5.73 Å². The van der Waals surface area contributed by atoms with Gasteiger partial charge in [-0.05, 0) is 51.3 Å². The van der Waals surface area contributed by atoms with Crippen LogP contribution in [0.15, 0.2) is 30.3 Å². The Labute approximate surface area is 127 Å². The number of nitrogens with one attached hydrogen (secondary N) is 1. The van der Waals surface area contributed by atoms with Crippen LogP contribution in [0.25, 0.3) is 0 Å². The average Bonchev–Trinajstić information content (AvgIpc) is 3.05. The molecule has 2 rings (SSSR count). The molecule has 1 heterocycles. The van der Waals surface area contributed by atoms with Crippen molar-refractivity contribution in [3.8, 4) is 0 Å². The van der Waals surface area contributed by atoms with Gasteiger partial charge in [0.2, 0.25) is 5.91 Å². The molecular formula is C17H27N3O. The highest BCUT2D eigenvalue weighted by molar-refractivity contribution is 5.81. The lowest BCUT2D eigenvalue weighted by Crippen LogP contribution is -2.46. The van der Waals surface area contributed by atoms with E-state index in [1.54, 1.807) is 0 Å². The molecule has 116 valence electrons. The van der Waals surface area contributed by atoms with Gasteiger partial charge < -0.3 is 11.1 Å². The third-order valence-corrected chi connectivity index (χ3v) is 4.26. The van der Waals surface area contributed by atoms with Gasteiger partial charge in [0, 0.05) is 12.6 Å². The first kappa shape index (κ1) is 16.0. The van der Waals surface area contributed by atoms with Crippen molar-refractivity contribution in [1.29, 1.82) is 0 Å². The molecule has 4 nitrogen and oxygen atoms in total. The van der Waals surface area contributed by atoms with E-state index >= 15 is 0 Å². The fourth-order valence-electron chi connectivity index (χ4n) is 2.79. The van der Waals surface area contributed by atoms with Crippen LogP contribution < -0.4 is 11.1 Å². The van der Waals surface area contributed by atoms with Crippen LogP contribution in [0.4, 0.5) is 0 Å². The number of nitrogens with zero attached hydrogens (tertiary/aromatic N) is 1. The number of likely N-dealkylation sites (tertiary alicyclic amines) is 1. The first-order valence-electron chi connectivity index (χ1n) is 7.98. The number of amides is 1. The number of rotatable bonds is 7. The molecule has 0 radical (unpaired) electrons. The molecule has 1 saturated heterocycles. The summed E-state index contributed by atoms with van der Waals surface area (Å²) in [4.78, 5) is 14.5. The Morgan fingerprint density at radius 1 is 1.29 bits per heavy atom. The van der Waals surface area contributed by atoms with E-state index in [2.05, 4.69) is 29.3 Å². The van der Waals surface area contributed by atoms with Crippen molar-refractivity contribution in [2.45, 2.75) is 44.7 Å². The van der Waals surface area contributed by atoms with Gasteiger partial charge in [-0.25, -0.2) is 0 Å². The predicted molar refractivity (Wildman–Crippen MR) is 86.0 cm³/mol. The predicted octanol–water partition coefficient (Wildman–Crippen LogP) is 1.55. The van der Waals surface area contributed by atoms with Gasteiger partial charge in [-0.3, -0.25) is 9.69 Å². The van der Waals surface area contributed by atoms with Crippen molar-refractivity contribution < 1.29 is 4.79 Å². The van der Waals surface area contributed by atoms with Crippen molar-refractivity contribution in [3.63, 3.8) is 0 Å². The van der Waals surface area contributed by atoms with Crippen molar-refractivity contribution >= 4 is 5.91 Å². The quantitative estimate of drug-likeness (QED) is 0.800. The van der Waals surface area contributed by atoms with Crippen LogP contribution in [0.3, 0.4) is 0 Å². The van der Waals surface area contributed by atoms with Crippen molar-refractivity contribution in [2.75, 3.05) is 19.6 Å². The zero-order valence-corrected chi connectivity index (χ0v) is 12.9. The van der Waals surface area contributed by atoms with Gasteiger partial charge in [0.05, 0.1) is 6.04 Å². The van der Waals surface area contributed by atoms with Crippen LogP contribution in [-0.2, 0) is 11.2 Å². The number of hydrogen-bond acceptors (Lipinski definition) is 3. The molecule has 0 bridgehead atoms. The Kier molecular flexibility index (Phi) is 6.21. The molecule has 1 aromatic carbocycles. The molecule has 0 saturated carbocycles. The number of aryl methyl sites for hydroxylation is 1. The standard InChI is InChI=1S/C17H27N3O/c1-14(20-11-5-6-12-20)13-19-17(21)16(18)10-9-15-7-3-2-4-8-15/h2-4,7-8,14,16H,5-6,9-13,18H2,1H3,(H,19,21). The fraction of sp³-hybridized carbons (Fsp3) is 0.588. The monoisotopic (exact) mass is 289 g/mol. The molecule has 0 spiro atoms. The maximum Gasteiger partial charge on any atom is 0.236 e. The topological polar surface area (TPSA) is 58.4 Å². The maximum absolute atomic E-state index is 12.0. The highest BCUT2D eigenvalue weighted by atomic mass is 16.2. The summed E-state index contributed by atoms with van der Waals surface area (Å²) in [5, 5.41) is 2.99. The summed E-state index contributed by atoms with van der Waals surface area (Å²) in [5.41, 5.74) is 7.21. The van der Waals surface area contributed by atoms with Gasteiger partial charge in [0.25, 0.3) is 0 Å². The fourth-order valence-corrected chi connectivity index (χ4v) is 2.79. The number of carbonyl (C=O) groups excluding carboxylic acids is 1. The third kappa shape index (κ3) is 5.14. The molecule has 1 aromatic rings. The smallest absolute Gasteiger partial charge is 0.236 e. The lowest BCUT2D eigenvalue weighted by molar-refractivity contribution is -0.122. The SMILES string of the molecule is CC(CNC(=O)C(N)CCc1ccccc1)N1CCCC1. The second-order valence-electron chi connectivity index (χ2n) is 5.97. The summed E-state index contributed by atoms with van der Waals surface area (Å²) < 4.78 is 0. The van der Waals surface area contributed by atoms with Gasteiger partial charge in [-0.15, -0.1) is 0 Å². The van der Waals surface area contributed by atoms with Crippen LogP contribution in [0.1, 0.15) is 31.7 Å². The molecule has 2 unspecified atom stereocenters. The summed E-state index contributed by atoms with van der Waals surface area (Å²) >= 11 is 0. The number of nitrogens with two attached hydrogens (primary N) is 1. The second kappa shape index (κ2) is 8.15. The van der Waals surface area contributed by atoms with E-state index in [1.807, 2.05) is 18.2 Å². The van der Waals surface area contributed by atoms with E-state index in [4.69, 9.17) is 5.73 Å². The minimum Gasteiger partial charge on any atom is -0.353 e. The average molecular weight is 289 g/mol. The minimum atomic E-state index is -0.420. The first-order chi connectivity index (χ1) is 10.2. The van der Waals surface area contributed by atoms with E-state index < -0.39 is 6.04 Å². The van der Waals surface area contributed by atoms with Crippen LogP contribution in [0.2, 0.25) is 0 Å². The molecule has 3 N–H and O–H groups in total. The van der Waals surface area contributed by atoms with Crippen LogP contribution in [-0.4, -0.2) is 42.5 Å². The molecule has 1 aliphatic heterocycles.